The fourth-order valence-electron chi connectivity index (χ4n) is 2.30. The topological polar surface area (TPSA) is 68.0 Å². The second-order valence-corrected chi connectivity index (χ2v) is 5.76. The van der Waals surface area contributed by atoms with Gasteiger partial charge in [-0.2, -0.15) is 0 Å². The molecule has 116 valence electrons. The molecule has 0 aliphatic heterocycles. The molecule has 0 aliphatic rings. The predicted molar refractivity (Wildman–Crippen MR) is 88.0 cm³/mol. The van der Waals surface area contributed by atoms with E-state index in [1.54, 1.807) is 36.4 Å². The molecule has 1 N–H and O–H groups in total. The van der Waals surface area contributed by atoms with Gasteiger partial charge in [-0.15, -0.1) is 5.10 Å². The van der Waals surface area contributed by atoms with Crippen molar-refractivity contribution < 1.29 is 9.90 Å². The number of rotatable bonds is 4. The van der Waals surface area contributed by atoms with E-state index >= 15 is 0 Å². The van der Waals surface area contributed by atoms with Gasteiger partial charge in [-0.25, -0.2) is 9.48 Å². The third-order valence-corrected chi connectivity index (χ3v) is 3.73. The molecule has 1 aromatic heterocycles. The molecule has 0 unspecified atom stereocenters. The molecule has 0 spiro atoms. The van der Waals surface area contributed by atoms with E-state index in [0.717, 1.165) is 5.56 Å². The van der Waals surface area contributed by atoms with Gasteiger partial charge in [0, 0.05) is 15.6 Å². The zero-order chi connectivity index (χ0) is 16.4. The molecule has 23 heavy (non-hydrogen) atoms. The van der Waals surface area contributed by atoms with Crippen molar-refractivity contribution in [1.29, 1.82) is 0 Å². The SMILES string of the molecule is O=C(O)c1nnn(Cc2cccc(Cl)c2)c1-c1cccc(Cl)c1. The minimum absolute atomic E-state index is 0.116. The Hall–Kier alpha value is -2.37. The number of nitrogens with zero attached hydrogens (tertiary/aromatic N) is 3. The van der Waals surface area contributed by atoms with E-state index in [4.69, 9.17) is 23.2 Å². The second-order valence-electron chi connectivity index (χ2n) is 4.89. The monoisotopic (exact) mass is 347 g/mol. The van der Waals surface area contributed by atoms with E-state index in [-0.39, 0.29) is 5.69 Å². The fourth-order valence-corrected chi connectivity index (χ4v) is 2.70. The molecular formula is C16H11Cl2N3O2. The highest BCUT2D eigenvalue weighted by Crippen LogP contribution is 2.26. The van der Waals surface area contributed by atoms with Crippen LogP contribution in [0.4, 0.5) is 0 Å². The van der Waals surface area contributed by atoms with Crippen molar-refractivity contribution in [3.8, 4) is 11.3 Å². The summed E-state index contributed by atoms with van der Waals surface area (Å²) < 4.78 is 1.53. The molecule has 0 saturated heterocycles. The quantitative estimate of drug-likeness (QED) is 0.774. The lowest BCUT2D eigenvalue weighted by Gasteiger charge is -2.08. The van der Waals surface area contributed by atoms with Crippen molar-refractivity contribution >= 4 is 29.2 Å². The van der Waals surface area contributed by atoms with Crippen molar-refractivity contribution in [2.45, 2.75) is 6.54 Å². The van der Waals surface area contributed by atoms with Crippen molar-refractivity contribution in [3.63, 3.8) is 0 Å². The highest BCUT2D eigenvalue weighted by molar-refractivity contribution is 6.31. The lowest BCUT2D eigenvalue weighted by atomic mass is 10.1. The average Bonchev–Trinajstić information content (AvgIpc) is 2.91. The second kappa shape index (κ2) is 6.40. The third kappa shape index (κ3) is 3.36. The smallest absolute Gasteiger partial charge is 0.358 e. The first kappa shape index (κ1) is 15.5. The summed E-state index contributed by atoms with van der Waals surface area (Å²) in [4.78, 5) is 11.4. The molecule has 0 radical (unpaired) electrons. The summed E-state index contributed by atoms with van der Waals surface area (Å²) in [5, 5.41) is 18.2. The minimum Gasteiger partial charge on any atom is -0.476 e. The molecule has 7 heteroatoms. The van der Waals surface area contributed by atoms with Crippen molar-refractivity contribution in [2.75, 3.05) is 0 Å². The first-order valence-corrected chi connectivity index (χ1v) is 7.47. The number of aromatic nitrogens is 3. The maximum absolute atomic E-state index is 11.4. The minimum atomic E-state index is -1.14. The van der Waals surface area contributed by atoms with Crippen LogP contribution in [0, 0.1) is 0 Å². The summed E-state index contributed by atoms with van der Waals surface area (Å²) in [5.41, 5.74) is 1.82. The van der Waals surface area contributed by atoms with Crippen LogP contribution in [0.1, 0.15) is 16.1 Å². The van der Waals surface area contributed by atoms with Crippen LogP contribution in [0.3, 0.4) is 0 Å². The van der Waals surface area contributed by atoms with Crippen molar-refractivity contribution in [3.05, 3.63) is 69.8 Å². The summed E-state index contributed by atoms with van der Waals surface area (Å²) >= 11 is 12.0. The molecule has 0 atom stereocenters. The Balaban J connectivity index is 2.09. The fraction of sp³-hybridized carbons (Fsp3) is 0.0625. The van der Waals surface area contributed by atoms with Crippen molar-refractivity contribution in [2.24, 2.45) is 0 Å². The number of benzene rings is 2. The van der Waals surface area contributed by atoms with E-state index < -0.39 is 5.97 Å². The zero-order valence-corrected chi connectivity index (χ0v) is 13.3. The molecule has 0 aliphatic carbocycles. The van der Waals surface area contributed by atoms with Crippen LogP contribution in [0.2, 0.25) is 10.0 Å². The number of carbonyl (C=O) groups is 1. The Morgan fingerprint density at radius 2 is 1.78 bits per heavy atom. The number of aromatic carboxylic acids is 1. The Morgan fingerprint density at radius 3 is 2.43 bits per heavy atom. The number of halogens is 2. The Labute approximate surface area is 142 Å². The van der Waals surface area contributed by atoms with E-state index in [2.05, 4.69) is 10.3 Å². The van der Waals surface area contributed by atoms with Gasteiger partial charge in [0.15, 0.2) is 5.69 Å². The Morgan fingerprint density at radius 1 is 1.09 bits per heavy atom. The van der Waals surface area contributed by atoms with Gasteiger partial charge in [0.2, 0.25) is 0 Å². The van der Waals surface area contributed by atoms with Crippen LogP contribution in [0.5, 0.6) is 0 Å². The normalized spacial score (nSPS) is 10.7. The predicted octanol–water partition coefficient (Wildman–Crippen LogP) is 4.00. The van der Waals surface area contributed by atoms with E-state index in [1.807, 2.05) is 12.1 Å². The number of carboxylic acids is 1. The Bertz CT molecular complexity index is 877. The van der Waals surface area contributed by atoms with Crippen LogP contribution in [0.15, 0.2) is 48.5 Å². The van der Waals surface area contributed by atoms with Crippen LogP contribution in [0.25, 0.3) is 11.3 Å². The number of hydrogen-bond acceptors (Lipinski definition) is 3. The molecule has 0 amide bonds. The summed E-state index contributed by atoms with van der Waals surface area (Å²) in [7, 11) is 0. The van der Waals surface area contributed by atoms with Gasteiger partial charge in [0.05, 0.1) is 6.54 Å². The van der Waals surface area contributed by atoms with Gasteiger partial charge < -0.3 is 5.11 Å². The average molecular weight is 348 g/mol. The van der Waals surface area contributed by atoms with Gasteiger partial charge >= 0.3 is 5.97 Å². The van der Waals surface area contributed by atoms with Crippen molar-refractivity contribution in [1.82, 2.24) is 15.0 Å². The van der Waals surface area contributed by atoms with Gasteiger partial charge in [-0.3, -0.25) is 0 Å². The van der Waals surface area contributed by atoms with E-state index in [0.29, 0.717) is 27.8 Å². The lowest BCUT2D eigenvalue weighted by Crippen LogP contribution is -2.06. The first-order chi connectivity index (χ1) is 11.0. The Kier molecular flexibility index (Phi) is 4.32. The molecule has 0 fully saturated rings. The molecule has 3 aromatic rings. The standard InChI is InChI=1S/C16H11Cl2N3O2/c17-12-5-1-3-10(7-12)9-21-15(14(16(22)23)19-20-21)11-4-2-6-13(18)8-11/h1-8H,9H2,(H,22,23). The van der Waals surface area contributed by atoms with Crippen LogP contribution >= 0.6 is 23.2 Å². The summed E-state index contributed by atoms with van der Waals surface area (Å²) in [6.07, 6.45) is 0. The van der Waals surface area contributed by atoms with E-state index in [1.165, 1.54) is 4.68 Å². The van der Waals surface area contributed by atoms with Gasteiger partial charge in [0.1, 0.15) is 5.69 Å². The zero-order valence-electron chi connectivity index (χ0n) is 11.8. The summed E-state index contributed by atoms with van der Waals surface area (Å²) in [5.74, 6) is -1.14. The molecule has 0 saturated carbocycles. The van der Waals surface area contributed by atoms with E-state index in [9.17, 15) is 9.90 Å². The number of carboxylic acid groups (broad SMARTS) is 1. The highest BCUT2D eigenvalue weighted by atomic mass is 35.5. The lowest BCUT2D eigenvalue weighted by molar-refractivity contribution is 0.0691. The molecule has 2 aromatic carbocycles. The summed E-state index contributed by atoms with van der Waals surface area (Å²) in [6, 6.07) is 14.2. The van der Waals surface area contributed by atoms with Crippen LogP contribution < -0.4 is 0 Å². The third-order valence-electron chi connectivity index (χ3n) is 3.26. The molecule has 3 rings (SSSR count). The highest BCUT2D eigenvalue weighted by Gasteiger charge is 2.21. The first-order valence-electron chi connectivity index (χ1n) is 6.72. The van der Waals surface area contributed by atoms with Crippen LogP contribution in [-0.4, -0.2) is 26.1 Å². The van der Waals surface area contributed by atoms with Gasteiger partial charge in [-0.05, 0) is 29.8 Å². The molecular weight excluding hydrogens is 337 g/mol. The largest absolute Gasteiger partial charge is 0.476 e. The molecule has 0 bridgehead atoms. The summed E-state index contributed by atoms with van der Waals surface area (Å²) in [6.45, 7) is 0.350. The maximum atomic E-state index is 11.4. The van der Waals surface area contributed by atoms with Gasteiger partial charge in [-0.1, -0.05) is 52.7 Å². The van der Waals surface area contributed by atoms with Gasteiger partial charge in [0.25, 0.3) is 0 Å². The maximum Gasteiger partial charge on any atom is 0.358 e. The van der Waals surface area contributed by atoms with Crippen LogP contribution in [-0.2, 0) is 6.54 Å². The molecule has 1 heterocycles. The molecule has 5 nitrogen and oxygen atoms in total. The number of hydrogen-bond donors (Lipinski definition) is 1.